The molecule has 0 spiro atoms. The molecular formula is C17H14N4O2. The zero-order chi connectivity index (χ0) is 16.2. The van der Waals surface area contributed by atoms with Gasteiger partial charge in [-0.15, -0.1) is 0 Å². The number of nitrogens with two attached hydrogens (primary N) is 1. The fraction of sp³-hybridized carbons (Fsp3) is 0. The molecule has 3 rings (SSSR count). The molecule has 0 unspecified atom stereocenters. The number of urea groups is 1. The summed E-state index contributed by atoms with van der Waals surface area (Å²) in [5, 5.41) is 6.19. The van der Waals surface area contributed by atoms with Gasteiger partial charge in [-0.25, -0.2) is 9.78 Å². The Hall–Kier alpha value is -3.41. The Balaban J connectivity index is 1.76. The maximum Gasteiger partial charge on any atom is 0.316 e. The summed E-state index contributed by atoms with van der Waals surface area (Å²) < 4.78 is 0. The standard InChI is InChI=1S/C17H14N4O2/c18-17(23)20-13-8-6-12(7-9-13)19-16(22)15-10-5-11-3-1-2-4-14(11)21-15/h1-10H,(H,19,22)(H3,18,20,23). The van der Waals surface area contributed by atoms with E-state index in [1.165, 1.54) is 0 Å². The van der Waals surface area contributed by atoms with Crippen LogP contribution in [0.1, 0.15) is 10.5 Å². The minimum atomic E-state index is -0.637. The van der Waals surface area contributed by atoms with Gasteiger partial charge in [-0.05, 0) is 36.4 Å². The van der Waals surface area contributed by atoms with Crippen molar-refractivity contribution >= 4 is 34.2 Å². The van der Waals surface area contributed by atoms with E-state index in [0.29, 0.717) is 17.1 Å². The highest BCUT2D eigenvalue weighted by atomic mass is 16.2. The lowest BCUT2D eigenvalue weighted by Gasteiger charge is -2.07. The molecule has 3 amide bonds. The van der Waals surface area contributed by atoms with Crippen LogP contribution in [0.3, 0.4) is 0 Å². The normalized spacial score (nSPS) is 10.3. The zero-order valence-corrected chi connectivity index (χ0v) is 12.1. The molecule has 6 nitrogen and oxygen atoms in total. The smallest absolute Gasteiger partial charge is 0.316 e. The molecule has 114 valence electrons. The van der Waals surface area contributed by atoms with Gasteiger partial charge in [0.05, 0.1) is 5.52 Å². The van der Waals surface area contributed by atoms with Crippen LogP contribution < -0.4 is 16.4 Å². The van der Waals surface area contributed by atoms with E-state index in [2.05, 4.69) is 15.6 Å². The first kappa shape index (κ1) is 14.5. The van der Waals surface area contributed by atoms with Gasteiger partial charge in [-0.1, -0.05) is 24.3 Å². The van der Waals surface area contributed by atoms with Crippen LogP contribution in [-0.2, 0) is 0 Å². The second-order valence-electron chi connectivity index (χ2n) is 4.91. The van der Waals surface area contributed by atoms with Crippen molar-refractivity contribution in [3.05, 3.63) is 66.4 Å². The molecule has 23 heavy (non-hydrogen) atoms. The summed E-state index contributed by atoms with van der Waals surface area (Å²) in [5.74, 6) is -0.300. The second-order valence-corrected chi connectivity index (χ2v) is 4.91. The highest BCUT2D eigenvalue weighted by Gasteiger charge is 2.08. The van der Waals surface area contributed by atoms with E-state index < -0.39 is 6.03 Å². The monoisotopic (exact) mass is 306 g/mol. The molecule has 0 fully saturated rings. The van der Waals surface area contributed by atoms with Crippen LogP contribution in [0.2, 0.25) is 0 Å². The molecule has 2 aromatic carbocycles. The predicted molar refractivity (Wildman–Crippen MR) is 89.3 cm³/mol. The van der Waals surface area contributed by atoms with Gasteiger partial charge in [0.2, 0.25) is 0 Å². The number of carbonyl (C=O) groups excluding carboxylic acids is 2. The van der Waals surface area contributed by atoms with Gasteiger partial charge in [-0.3, -0.25) is 4.79 Å². The molecule has 0 atom stereocenters. The van der Waals surface area contributed by atoms with Crippen LogP contribution in [0, 0.1) is 0 Å². The lowest BCUT2D eigenvalue weighted by molar-refractivity contribution is 0.102. The molecule has 6 heteroatoms. The molecular weight excluding hydrogens is 292 g/mol. The largest absolute Gasteiger partial charge is 0.351 e. The zero-order valence-electron chi connectivity index (χ0n) is 12.1. The van der Waals surface area contributed by atoms with E-state index >= 15 is 0 Å². The van der Waals surface area contributed by atoms with Gasteiger partial charge in [-0.2, -0.15) is 0 Å². The molecule has 3 aromatic rings. The maximum absolute atomic E-state index is 12.3. The van der Waals surface area contributed by atoms with Crippen LogP contribution in [-0.4, -0.2) is 16.9 Å². The van der Waals surface area contributed by atoms with Gasteiger partial charge in [0, 0.05) is 16.8 Å². The van der Waals surface area contributed by atoms with Crippen molar-refractivity contribution in [2.75, 3.05) is 10.6 Å². The van der Waals surface area contributed by atoms with Crippen LogP contribution in [0.15, 0.2) is 60.7 Å². The third-order valence-corrected chi connectivity index (χ3v) is 3.24. The number of hydrogen-bond donors (Lipinski definition) is 3. The summed E-state index contributed by atoms with van der Waals surface area (Å²) >= 11 is 0. The summed E-state index contributed by atoms with van der Waals surface area (Å²) in [7, 11) is 0. The molecule has 1 heterocycles. The molecule has 0 radical (unpaired) electrons. The fourth-order valence-corrected chi connectivity index (χ4v) is 2.17. The number of aromatic nitrogens is 1. The second kappa shape index (κ2) is 6.15. The van der Waals surface area contributed by atoms with Gasteiger partial charge in [0.25, 0.3) is 5.91 Å². The Labute approximate surface area is 132 Å². The van der Waals surface area contributed by atoms with Gasteiger partial charge in [0.1, 0.15) is 5.69 Å². The first-order valence-corrected chi connectivity index (χ1v) is 6.95. The Morgan fingerprint density at radius 3 is 2.17 bits per heavy atom. The SMILES string of the molecule is NC(=O)Nc1ccc(NC(=O)c2ccc3ccccc3n2)cc1. The van der Waals surface area contributed by atoms with Crippen molar-refractivity contribution in [3.8, 4) is 0 Å². The van der Waals surface area contributed by atoms with Crippen LogP contribution >= 0.6 is 0 Å². The number of nitrogens with one attached hydrogen (secondary N) is 2. The first-order valence-electron chi connectivity index (χ1n) is 6.95. The maximum atomic E-state index is 12.3. The molecule has 1 aromatic heterocycles. The number of hydrogen-bond acceptors (Lipinski definition) is 3. The number of anilines is 2. The van der Waals surface area contributed by atoms with E-state index in [-0.39, 0.29) is 5.91 Å². The quantitative estimate of drug-likeness (QED) is 0.694. The van der Waals surface area contributed by atoms with Gasteiger partial charge in [0.15, 0.2) is 0 Å². The average molecular weight is 306 g/mol. The molecule has 0 bridgehead atoms. The van der Waals surface area contributed by atoms with E-state index in [4.69, 9.17) is 5.73 Å². The number of nitrogens with zero attached hydrogens (tertiary/aromatic N) is 1. The average Bonchev–Trinajstić information content (AvgIpc) is 2.55. The Kier molecular flexibility index (Phi) is 3.88. The van der Waals surface area contributed by atoms with E-state index in [9.17, 15) is 9.59 Å². The summed E-state index contributed by atoms with van der Waals surface area (Å²) in [6.07, 6.45) is 0. The fourth-order valence-electron chi connectivity index (χ4n) is 2.17. The summed E-state index contributed by atoms with van der Waals surface area (Å²) in [4.78, 5) is 27.4. The Morgan fingerprint density at radius 2 is 1.48 bits per heavy atom. The number of carbonyl (C=O) groups is 2. The highest BCUT2D eigenvalue weighted by molar-refractivity contribution is 6.04. The topological polar surface area (TPSA) is 97.1 Å². The number of primary amides is 1. The Morgan fingerprint density at radius 1 is 0.826 bits per heavy atom. The van der Waals surface area contributed by atoms with Crippen molar-refractivity contribution in [1.29, 1.82) is 0 Å². The molecule has 4 N–H and O–H groups in total. The number of para-hydroxylation sites is 1. The summed E-state index contributed by atoms with van der Waals surface area (Å²) in [6.45, 7) is 0. The molecule has 0 aliphatic heterocycles. The number of fused-ring (bicyclic) bond motifs is 1. The lowest BCUT2D eigenvalue weighted by atomic mass is 10.2. The Bertz CT molecular complexity index is 875. The van der Waals surface area contributed by atoms with Crippen molar-refractivity contribution in [1.82, 2.24) is 4.98 Å². The third kappa shape index (κ3) is 3.44. The van der Waals surface area contributed by atoms with Crippen molar-refractivity contribution < 1.29 is 9.59 Å². The van der Waals surface area contributed by atoms with Crippen molar-refractivity contribution in [2.24, 2.45) is 5.73 Å². The lowest BCUT2D eigenvalue weighted by Crippen LogP contribution is -2.19. The summed E-state index contributed by atoms with van der Waals surface area (Å²) in [5.41, 5.74) is 7.29. The van der Waals surface area contributed by atoms with Gasteiger partial charge >= 0.3 is 6.03 Å². The summed E-state index contributed by atoms with van der Waals surface area (Å²) in [6, 6.07) is 17.1. The highest BCUT2D eigenvalue weighted by Crippen LogP contribution is 2.16. The minimum absolute atomic E-state index is 0.300. The molecule has 0 aliphatic rings. The van der Waals surface area contributed by atoms with E-state index in [1.807, 2.05) is 30.3 Å². The van der Waals surface area contributed by atoms with Crippen molar-refractivity contribution in [2.45, 2.75) is 0 Å². The molecule has 0 saturated heterocycles. The predicted octanol–water partition coefficient (Wildman–Crippen LogP) is 2.98. The van der Waals surface area contributed by atoms with E-state index in [0.717, 1.165) is 10.9 Å². The van der Waals surface area contributed by atoms with Gasteiger partial charge < -0.3 is 16.4 Å². The van der Waals surface area contributed by atoms with Crippen LogP contribution in [0.25, 0.3) is 10.9 Å². The first-order chi connectivity index (χ1) is 11.1. The third-order valence-electron chi connectivity index (χ3n) is 3.24. The number of amides is 3. The minimum Gasteiger partial charge on any atom is -0.351 e. The number of pyridine rings is 1. The van der Waals surface area contributed by atoms with Crippen LogP contribution in [0.4, 0.5) is 16.2 Å². The van der Waals surface area contributed by atoms with Crippen molar-refractivity contribution in [3.63, 3.8) is 0 Å². The van der Waals surface area contributed by atoms with E-state index in [1.54, 1.807) is 30.3 Å². The number of benzene rings is 2. The number of rotatable bonds is 3. The molecule has 0 aliphatic carbocycles. The van der Waals surface area contributed by atoms with Crippen LogP contribution in [0.5, 0.6) is 0 Å². The molecule has 0 saturated carbocycles.